The lowest BCUT2D eigenvalue weighted by Gasteiger charge is -2.18. The molecule has 3 rings (SSSR count). The Bertz CT molecular complexity index is 768. The molecule has 0 aliphatic carbocycles. The maximum Gasteiger partial charge on any atom is 0.307 e. The molecule has 24 heavy (non-hydrogen) atoms. The molecule has 1 N–H and O–H groups in total. The third kappa shape index (κ3) is 3.33. The van der Waals surface area contributed by atoms with Crippen LogP contribution in [0.3, 0.4) is 0 Å². The molecule has 0 radical (unpaired) electrons. The van der Waals surface area contributed by atoms with Crippen molar-refractivity contribution in [1.29, 1.82) is 0 Å². The van der Waals surface area contributed by atoms with E-state index in [4.69, 9.17) is 0 Å². The van der Waals surface area contributed by atoms with Gasteiger partial charge in [0, 0.05) is 29.9 Å². The SMILES string of the molecule is COC(=O)CCNC(=O)c1nc(N2CCCC2)c2c(C)scc2n1. The van der Waals surface area contributed by atoms with Crippen molar-refractivity contribution in [3.8, 4) is 0 Å². The largest absolute Gasteiger partial charge is 0.469 e. The van der Waals surface area contributed by atoms with E-state index in [-0.39, 0.29) is 30.7 Å². The van der Waals surface area contributed by atoms with Crippen LogP contribution < -0.4 is 10.2 Å². The van der Waals surface area contributed by atoms with Gasteiger partial charge >= 0.3 is 5.97 Å². The summed E-state index contributed by atoms with van der Waals surface area (Å²) in [5, 5.41) is 5.66. The summed E-state index contributed by atoms with van der Waals surface area (Å²) in [6, 6.07) is 0. The fourth-order valence-corrected chi connectivity index (χ4v) is 3.58. The lowest BCUT2D eigenvalue weighted by Crippen LogP contribution is -2.29. The normalized spacial score (nSPS) is 14.2. The van der Waals surface area contributed by atoms with Crippen molar-refractivity contribution < 1.29 is 14.3 Å². The first-order chi connectivity index (χ1) is 11.6. The minimum atomic E-state index is -0.370. The van der Waals surface area contributed by atoms with E-state index in [1.165, 1.54) is 7.11 Å². The zero-order valence-corrected chi connectivity index (χ0v) is 14.6. The molecule has 0 aromatic carbocycles. The first kappa shape index (κ1) is 16.6. The highest BCUT2D eigenvalue weighted by Crippen LogP contribution is 2.33. The Balaban J connectivity index is 1.85. The fourth-order valence-electron chi connectivity index (χ4n) is 2.81. The maximum absolute atomic E-state index is 12.3. The van der Waals surface area contributed by atoms with E-state index >= 15 is 0 Å². The van der Waals surface area contributed by atoms with E-state index in [9.17, 15) is 9.59 Å². The number of aryl methyl sites for hydroxylation is 1. The number of ether oxygens (including phenoxy) is 1. The second-order valence-electron chi connectivity index (χ2n) is 5.70. The van der Waals surface area contributed by atoms with Gasteiger partial charge in [0.1, 0.15) is 5.82 Å². The molecule has 1 aliphatic rings. The predicted molar refractivity (Wildman–Crippen MR) is 92.6 cm³/mol. The monoisotopic (exact) mass is 348 g/mol. The van der Waals surface area contributed by atoms with Crippen molar-refractivity contribution in [2.45, 2.75) is 26.2 Å². The second-order valence-corrected chi connectivity index (χ2v) is 6.78. The first-order valence-electron chi connectivity index (χ1n) is 7.96. The number of nitrogens with zero attached hydrogens (tertiary/aromatic N) is 3. The molecular weight excluding hydrogens is 328 g/mol. The maximum atomic E-state index is 12.3. The third-order valence-corrected chi connectivity index (χ3v) is 4.97. The minimum absolute atomic E-state index is 0.126. The van der Waals surface area contributed by atoms with Gasteiger partial charge in [0.15, 0.2) is 0 Å². The van der Waals surface area contributed by atoms with Crippen LogP contribution in [-0.2, 0) is 9.53 Å². The molecule has 1 saturated heterocycles. The molecule has 7 nitrogen and oxygen atoms in total. The molecule has 1 aliphatic heterocycles. The van der Waals surface area contributed by atoms with Crippen molar-refractivity contribution in [2.75, 3.05) is 31.6 Å². The summed E-state index contributed by atoms with van der Waals surface area (Å²) in [5.74, 6) is 0.254. The van der Waals surface area contributed by atoms with Crippen LogP contribution in [0.2, 0.25) is 0 Å². The summed E-state index contributed by atoms with van der Waals surface area (Å²) in [7, 11) is 1.32. The number of hydrogen-bond donors (Lipinski definition) is 1. The van der Waals surface area contributed by atoms with Gasteiger partial charge in [0.2, 0.25) is 5.82 Å². The molecular formula is C16H20N4O3S. The average Bonchev–Trinajstić information content (AvgIpc) is 3.24. The highest BCUT2D eigenvalue weighted by molar-refractivity contribution is 7.11. The smallest absolute Gasteiger partial charge is 0.307 e. The van der Waals surface area contributed by atoms with Crippen LogP contribution in [-0.4, -0.2) is 48.6 Å². The number of thiophene rings is 1. The van der Waals surface area contributed by atoms with Gasteiger partial charge in [-0.2, -0.15) is 0 Å². The Morgan fingerprint density at radius 2 is 2.08 bits per heavy atom. The summed E-state index contributed by atoms with van der Waals surface area (Å²) in [6.07, 6.45) is 2.39. The van der Waals surface area contributed by atoms with Crippen molar-refractivity contribution in [3.05, 3.63) is 16.1 Å². The highest BCUT2D eigenvalue weighted by Gasteiger charge is 2.22. The average molecular weight is 348 g/mol. The Morgan fingerprint density at radius 1 is 1.33 bits per heavy atom. The van der Waals surface area contributed by atoms with Gasteiger partial charge in [-0.15, -0.1) is 11.3 Å². The summed E-state index contributed by atoms with van der Waals surface area (Å²) >= 11 is 1.61. The molecule has 8 heteroatoms. The number of fused-ring (bicyclic) bond motifs is 1. The van der Waals surface area contributed by atoms with Crippen LogP contribution in [0.5, 0.6) is 0 Å². The number of methoxy groups -OCH3 is 1. The van der Waals surface area contributed by atoms with E-state index in [0.29, 0.717) is 0 Å². The Kier molecular flexibility index (Phi) is 4.94. The summed E-state index contributed by atoms with van der Waals surface area (Å²) in [5.41, 5.74) is 0.799. The minimum Gasteiger partial charge on any atom is -0.469 e. The number of carbonyl (C=O) groups excluding carboxylic acids is 2. The topological polar surface area (TPSA) is 84.4 Å². The van der Waals surface area contributed by atoms with Gasteiger partial charge < -0.3 is 15.0 Å². The summed E-state index contributed by atoms with van der Waals surface area (Å²) < 4.78 is 4.56. The fraction of sp³-hybridized carbons (Fsp3) is 0.500. The van der Waals surface area contributed by atoms with Gasteiger partial charge in [0.05, 0.1) is 24.4 Å². The van der Waals surface area contributed by atoms with Gasteiger partial charge in [-0.25, -0.2) is 9.97 Å². The van der Waals surface area contributed by atoms with E-state index < -0.39 is 0 Å². The lowest BCUT2D eigenvalue weighted by atomic mass is 10.2. The van der Waals surface area contributed by atoms with E-state index in [1.807, 2.05) is 12.3 Å². The van der Waals surface area contributed by atoms with Crippen molar-refractivity contribution in [1.82, 2.24) is 15.3 Å². The molecule has 1 fully saturated rings. The Hall–Kier alpha value is -2.22. The number of amides is 1. The standard InChI is InChI=1S/C16H20N4O3S/c1-10-13-11(9-24-10)18-14(16(22)17-6-5-12(21)23-2)19-15(13)20-7-3-4-8-20/h9H,3-8H2,1-2H3,(H,17,22). The van der Waals surface area contributed by atoms with E-state index in [1.54, 1.807) is 11.3 Å². The zero-order chi connectivity index (χ0) is 17.1. The predicted octanol–water partition coefficient (Wildman–Crippen LogP) is 1.89. The van der Waals surface area contributed by atoms with Gasteiger partial charge in [-0.05, 0) is 19.8 Å². The number of rotatable bonds is 5. The molecule has 0 spiro atoms. The van der Waals surface area contributed by atoms with Crippen LogP contribution in [0.4, 0.5) is 5.82 Å². The Morgan fingerprint density at radius 3 is 2.79 bits per heavy atom. The Labute approximate surface area is 144 Å². The number of esters is 1. The molecule has 3 heterocycles. The molecule has 2 aromatic heterocycles. The zero-order valence-electron chi connectivity index (χ0n) is 13.8. The molecule has 0 atom stereocenters. The van der Waals surface area contributed by atoms with Crippen LogP contribution in [0.1, 0.15) is 34.8 Å². The quantitative estimate of drug-likeness (QED) is 0.831. The molecule has 2 aromatic rings. The summed E-state index contributed by atoms with van der Waals surface area (Å²) in [6.45, 7) is 4.15. The third-order valence-electron chi connectivity index (χ3n) is 4.07. The number of hydrogen-bond acceptors (Lipinski definition) is 7. The number of aromatic nitrogens is 2. The lowest BCUT2D eigenvalue weighted by molar-refractivity contribution is -0.140. The van der Waals surface area contributed by atoms with Gasteiger partial charge in [-0.3, -0.25) is 9.59 Å². The highest BCUT2D eigenvalue weighted by atomic mass is 32.1. The van der Waals surface area contributed by atoms with Crippen LogP contribution >= 0.6 is 11.3 Å². The van der Waals surface area contributed by atoms with E-state index in [2.05, 4.69) is 24.9 Å². The van der Waals surface area contributed by atoms with Crippen molar-refractivity contribution in [2.24, 2.45) is 0 Å². The van der Waals surface area contributed by atoms with Crippen LogP contribution in [0, 0.1) is 6.92 Å². The number of carbonyl (C=O) groups is 2. The second kappa shape index (κ2) is 7.12. The van der Waals surface area contributed by atoms with Crippen LogP contribution in [0.15, 0.2) is 5.38 Å². The molecule has 1 amide bonds. The van der Waals surface area contributed by atoms with Crippen molar-refractivity contribution in [3.63, 3.8) is 0 Å². The molecule has 128 valence electrons. The number of nitrogens with one attached hydrogen (secondary N) is 1. The van der Waals surface area contributed by atoms with Crippen molar-refractivity contribution >= 4 is 39.9 Å². The molecule has 0 bridgehead atoms. The van der Waals surface area contributed by atoms with Gasteiger partial charge in [-0.1, -0.05) is 0 Å². The summed E-state index contributed by atoms with van der Waals surface area (Å²) in [4.78, 5) is 35.7. The van der Waals surface area contributed by atoms with E-state index in [0.717, 1.165) is 47.5 Å². The first-order valence-corrected chi connectivity index (χ1v) is 8.84. The van der Waals surface area contributed by atoms with Gasteiger partial charge in [0.25, 0.3) is 5.91 Å². The molecule has 0 saturated carbocycles. The number of anilines is 1. The van der Waals surface area contributed by atoms with Crippen LogP contribution in [0.25, 0.3) is 10.9 Å². The molecule has 0 unspecified atom stereocenters.